The number of carbonyl (C=O) groups excluding carboxylic acids is 2. The first-order chi connectivity index (χ1) is 29.1. The highest BCUT2D eigenvalue weighted by Gasteiger charge is 2.27. The molecule has 4 N–H and O–H groups in total. The van der Waals surface area contributed by atoms with Crippen LogP contribution in [0.25, 0.3) is 0 Å². The second kappa shape index (κ2) is 42.3. The van der Waals surface area contributed by atoms with Crippen molar-refractivity contribution >= 4 is 19.8 Å². The summed E-state index contributed by atoms with van der Waals surface area (Å²) in [5.74, 6) is -1.06. The molecule has 60 heavy (non-hydrogen) atoms. The van der Waals surface area contributed by atoms with Gasteiger partial charge in [-0.2, -0.15) is 0 Å². The Morgan fingerprint density at radius 3 is 1.58 bits per heavy atom. The maximum absolute atomic E-state index is 12.6. The Kier molecular flexibility index (Phi) is 39.9. The summed E-state index contributed by atoms with van der Waals surface area (Å²) in [5, 5.41) is 28.2. The van der Waals surface area contributed by atoms with Crippen LogP contribution in [0.2, 0.25) is 0 Å². The summed E-state index contributed by atoms with van der Waals surface area (Å²) in [6.45, 7) is 1.97. The fourth-order valence-corrected chi connectivity index (χ4v) is 5.88. The van der Waals surface area contributed by atoms with E-state index in [9.17, 15) is 29.3 Å². The van der Waals surface area contributed by atoms with Crippen LogP contribution in [-0.4, -0.2) is 76.9 Å². The largest absolute Gasteiger partial charge is 0.472 e. The smallest absolute Gasteiger partial charge is 0.462 e. The molecule has 0 aliphatic carbocycles. The van der Waals surface area contributed by atoms with Crippen molar-refractivity contribution in [1.29, 1.82) is 0 Å². The number of ether oxygens (including phenoxy) is 2. The number of carbonyl (C=O) groups is 2. The first-order valence-corrected chi connectivity index (χ1v) is 23.4. The maximum atomic E-state index is 12.6. The molecular weight excluding hydrogens is 783 g/mol. The van der Waals surface area contributed by atoms with E-state index in [1.807, 2.05) is 24.3 Å². The number of esters is 2. The summed E-state index contributed by atoms with van der Waals surface area (Å²) in [4.78, 5) is 35.0. The molecule has 0 saturated heterocycles. The Labute approximate surface area is 361 Å². The highest BCUT2D eigenvalue weighted by atomic mass is 31.2. The van der Waals surface area contributed by atoms with Crippen molar-refractivity contribution in [2.45, 2.75) is 154 Å². The van der Waals surface area contributed by atoms with Crippen LogP contribution in [0.3, 0.4) is 0 Å². The van der Waals surface area contributed by atoms with E-state index >= 15 is 0 Å². The van der Waals surface area contributed by atoms with Crippen molar-refractivity contribution in [1.82, 2.24) is 0 Å². The Morgan fingerprint density at radius 2 is 1.05 bits per heavy atom. The molecule has 0 aromatic carbocycles. The number of hydrogen-bond acceptors (Lipinski definition) is 10. The molecule has 0 aromatic heterocycles. The SMILES string of the molecule is CC/C=C\C/C=C\C/C=C\C/C=C\C/C=C\CCCCCC(=O)OC[C@H](COP(=O)(O)OC[C@@H](O)CO)OC(=O)CCC/C=C\C/C=C\C/C=C\C/C=C\[C@H](O)CCCC. The van der Waals surface area contributed by atoms with Gasteiger partial charge in [-0.25, -0.2) is 4.57 Å². The fourth-order valence-electron chi connectivity index (χ4n) is 5.09. The maximum Gasteiger partial charge on any atom is 0.472 e. The van der Waals surface area contributed by atoms with E-state index in [4.69, 9.17) is 19.1 Å². The standard InChI is InChI=1S/C48H77O11P/c1-3-5-7-8-9-10-11-12-13-14-15-16-17-18-22-25-28-31-34-38-47(52)56-42-46(43-58-60(54,55)57-41-45(51)40-49)59-48(53)39-35-32-29-26-23-20-19-21-24-27-30-33-37-44(50)36-6-4-2/h5,7,9-10,12-13,15-16,18-20,22,24,26-27,29,33,37,44-46,49-51H,3-4,6,8,11,14,17,21,23,25,28,30-32,34-36,38-43H2,1-2H3,(H,54,55)/b7-5-,10-9-,13-12-,16-15-,20-19-,22-18-,27-24-,29-26-,37-33-/t44-,45+,46-/m1/s1. The lowest BCUT2D eigenvalue weighted by atomic mass is 10.1. The molecule has 0 rings (SSSR count). The van der Waals surface area contributed by atoms with E-state index in [0.717, 1.165) is 89.9 Å². The van der Waals surface area contributed by atoms with Crippen LogP contribution in [0.4, 0.5) is 0 Å². The molecule has 0 radical (unpaired) electrons. The lowest BCUT2D eigenvalue weighted by Gasteiger charge is -2.20. The molecule has 11 nitrogen and oxygen atoms in total. The average Bonchev–Trinajstić information content (AvgIpc) is 3.23. The van der Waals surface area contributed by atoms with Crippen LogP contribution in [0.5, 0.6) is 0 Å². The quantitative estimate of drug-likeness (QED) is 0.0201. The zero-order chi connectivity index (χ0) is 44.2. The Bertz CT molecular complexity index is 1380. The minimum absolute atomic E-state index is 0.0768. The number of phosphoric ester groups is 1. The van der Waals surface area contributed by atoms with E-state index in [1.165, 1.54) is 0 Å². The van der Waals surface area contributed by atoms with Gasteiger partial charge in [0.05, 0.1) is 25.9 Å². The molecule has 340 valence electrons. The lowest BCUT2D eigenvalue weighted by Crippen LogP contribution is -2.29. The third-order valence-electron chi connectivity index (χ3n) is 8.48. The number of unbranched alkanes of at least 4 members (excludes halogenated alkanes) is 5. The number of allylic oxidation sites excluding steroid dienone is 17. The molecule has 0 amide bonds. The molecule has 0 bridgehead atoms. The summed E-state index contributed by atoms with van der Waals surface area (Å²) < 4.78 is 32.6. The molecule has 4 atom stereocenters. The van der Waals surface area contributed by atoms with Crippen molar-refractivity contribution in [3.8, 4) is 0 Å². The van der Waals surface area contributed by atoms with Crippen LogP contribution in [0.15, 0.2) is 109 Å². The fraction of sp³-hybridized carbons (Fsp3) is 0.583. The molecular formula is C48H77O11P. The van der Waals surface area contributed by atoms with Crippen LogP contribution in [0, 0.1) is 0 Å². The van der Waals surface area contributed by atoms with E-state index in [1.54, 1.807) is 0 Å². The second-order valence-electron chi connectivity index (χ2n) is 14.2. The topological polar surface area (TPSA) is 169 Å². The summed E-state index contributed by atoms with van der Waals surface area (Å²) in [5.41, 5.74) is 0. The van der Waals surface area contributed by atoms with Crippen molar-refractivity contribution < 1.29 is 52.9 Å². The highest BCUT2D eigenvalue weighted by molar-refractivity contribution is 7.47. The lowest BCUT2D eigenvalue weighted by molar-refractivity contribution is -0.161. The summed E-state index contributed by atoms with van der Waals surface area (Å²) >= 11 is 0. The van der Waals surface area contributed by atoms with Crippen LogP contribution in [0.1, 0.15) is 136 Å². The van der Waals surface area contributed by atoms with Crippen molar-refractivity contribution in [2.24, 2.45) is 0 Å². The van der Waals surface area contributed by atoms with Gasteiger partial charge in [0.25, 0.3) is 0 Å². The van der Waals surface area contributed by atoms with Gasteiger partial charge in [0.15, 0.2) is 6.10 Å². The molecule has 1 unspecified atom stereocenters. The van der Waals surface area contributed by atoms with Crippen LogP contribution in [-0.2, 0) is 32.7 Å². The molecule has 12 heteroatoms. The number of rotatable bonds is 39. The molecule has 0 aromatic rings. The normalized spacial score (nSPS) is 15.4. The van der Waals surface area contributed by atoms with E-state index in [2.05, 4.69) is 103 Å². The summed E-state index contributed by atoms with van der Waals surface area (Å²) in [6.07, 6.45) is 49.6. The summed E-state index contributed by atoms with van der Waals surface area (Å²) in [7, 11) is -4.66. The van der Waals surface area contributed by atoms with Crippen molar-refractivity contribution in [2.75, 3.05) is 26.4 Å². The predicted molar refractivity (Wildman–Crippen MR) is 243 cm³/mol. The first kappa shape index (κ1) is 56.6. The van der Waals surface area contributed by atoms with Gasteiger partial charge in [0.1, 0.15) is 12.7 Å². The van der Waals surface area contributed by atoms with Gasteiger partial charge in [-0.3, -0.25) is 18.6 Å². The third kappa shape index (κ3) is 41.3. The molecule has 0 fully saturated rings. The van der Waals surface area contributed by atoms with Gasteiger partial charge in [-0.1, -0.05) is 142 Å². The zero-order valence-corrected chi connectivity index (χ0v) is 37.4. The monoisotopic (exact) mass is 861 g/mol. The van der Waals surface area contributed by atoms with Crippen molar-refractivity contribution in [3.05, 3.63) is 109 Å². The third-order valence-corrected chi connectivity index (χ3v) is 9.43. The number of aliphatic hydroxyl groups is 3. The highest BCUT2D eigenvalue weighted by Crippen LogP contribution is 2.43. The van der Waals surface area contributed by atoms with Crippen LogP contribution < -0.4 is 0 Å². The zero-order valence-electron chi connectivity index (χ0n) is 36.5. The van der Waals surface area contributed by atoms with Gasteiger partial charge in [0, 0.05) is 12.8 Å². The van der Waals surface area contributed by atoms with Gasteiger partial charge in [-0.05, 0) is 89.9 Å². The molecule has 0 aliphatic rings. The van der Waals surface area contributed by atoms with Gasteiger partial charge >= 0.3 is 19.8 Å². The Morgan fingerprint density at radius 1 is 0.567 bits per heavy atom. The minimum atomic E-state index is -4.66. The second-order valence-corrected chi connectivity index (χ2v) is 15.6. The predicted octanol–water partition coefficient (Wildman–Crippen LogP) is 10.7. The Hall–Kier alpha value is -3.41. The van der Waals surface area contributed by atoms with E-state index < -0.39 is 51.8 Å². The molecule has 0 heterocycles. The van der Waals surface area contributed by atoms with Gasteiger partial charge < -0.3 is 29.7 Å². The molecule has 0 aliphatic heterocycles. The van der Waals surface area contributed by atoms with Crippen LogP contribution >= 0.6 is 7.82 Å². The number of hydrogen-bond donors (Lipinski definition) is 4. The number of phosphoric acid groups is 1. The van der Waals surface area contributed by atoms with E-state index in [-0.39, 0.29) is 25.6 Å². The minimum Gasteiger partial charge on any atom is -0.462 e. The Balaban J connectivity index is 4.50. The van der Waals surface area contributed by atoms with Gasteiger partial charge in [-0.15, -0.1) is 0 Å². The number of aliphatic hydroxyl groups excluding tert-OH is 3. The summed E-state index contributed by atoms with van der Waals surface area (Å²) in [6, 6.07) is 0. The van der Waals surface area contributed by atoms with Gasteiger partial charge in [0.2, 0.25) is 0 Å². The molecule has 0 saturated carbocycles. The van der Waals surface area contributed by atoms with Crippen molar-refractivity contribution in [3.63, 3.8) is 0 Å². The first-order valence-electron chi connectivity index (χ1n) is 21.9. The average molecular weight is 861 g/mol. The molecule has 0 spiro atoms. The van der Waals surface area contributed by atoms with E-state index in [0.29, 0.717) is 19.3 Å².